The Labute approximate surface area is 114 Å². The minimum Gasteiger partial charge on any atom is -0.322 e. The summed E-state index contributed by atoms with van der Waals surface area (Å²) in [5.74, 6) is -0.0601. The first kappa shape index (κ1) is 13.3. The minimum absolute atomic E-state index is 0.0601. The van der Waals surface area contributed by atoms with Crippen LogP contribution in [0.5, 0.6) is 0 Å². The molecule has 2 heteroatoms. The van der Waals surface area contributed by atoms with Gasteiger partial charge in [0.25, 0.3) is 5.91 Å². The largest absolute Gasteiger partial charge is 0.322 e. The number of hydrogen-bond donors (Lipinski definition) is 1. The molecule has 1 N–H and O–H groups in total. The quantitative estimate of drug-likeness (QED) is 0.855. The van der Waals surface area contributed by atoms with Gasteiger partial charge >= 0.3 is 0 Å². The number of carbonyl (C=O) groups excluding carboxylic acids is 1. The second kappa shape index (κ2) is 5.27. The molecule has 2 aromatic carbocycles. The van der Waals surface area contributed by atoms with Gasteiger partial charge in [0.05, 0.1) is 0 Å². The molecule has 1 amide bonds. The number of benzene rings is 2. The van der Waals surface area contributed by atoms with Gasteiger partial charge in [-0.3, -0.25) is 4.79 Å². The molecule has 0 fully saturated rings. The van der Waals surface area contributed by atoms with Gasteiger partial charge in [0.15, 0.2) is 0 Å². The van der Waals surface area contributed by atoms with Crippen molar-refractivity contribution in [3.63, 3.8) is 0 Å². The van der Waals surface area contributed by atoms with Crippen molar-refractivity contribution in [1.29, 1.82) is 0 Å². The van der Waals surface area contributed by atoms with Gasteiger partial charge in [0.2, 0.25) is 0 Å². The zero-order valence-corrected chi connectivity index (χ0v) is 11.9. The lowest BCUT2D eigenvalue weighted by Gasteiger charge is -2.10. The molecule has 0 unspecified atom stereocenters. The van der Waals surface area contributed by atoms with Crippen LogP contribution in [0.3, 0.4) is 0 Å². The molecule has 0 aromatic heterocycles. The van der Waals surface area contributed by atoms with E-state index in [1.54, 1.807) is 0 Å². The molecule has 0 heterocycles. The Hall–Kier alpha value is -2.09. The fraction of sp³-hybridized carbons (Fsp3) is 0.235. The van der Waals surface area contributed by atoms with E-state index in [0.717, 1.165) is 16.8 Å². The highest BCUT2D eigenvalue weighted by atomic mass is 16.1. The van der Waals surface area contributed by atoms with Crippen molar-refractivity contribution in [3.05, 3.63) is 64.2 Å². The molecule has 0 bridgehead atoms. The standard InChI is InChI=1S/C17H19NO/c1-11-5-8-16(14(4)9-11)18-17(19)15-7-6-12(2)13(3)10-15/h5-10H,1-4H3,(H,18,19). The lowest BCUT2D eigenvalue weighted by Crippen LogP contribution is -2.13. The third-order valence-corrected chi connectivity index (χ3v) is 3.40. The molecule has 2 rings (SSSR count). The van der Waals surface area contributed by atoms with Crippen molar-refractivity contribution in [2.45, 2.75) is 27.7 Å². The Morgan fingerprint density at radius 1 is 0.842 bits per heavy atom. The van der Waals surface area contributed by atoms with E-state index in [2.05, 4.69) is 11.4 Å². The summed E-state index contributed by atoms with van der Waals surface area (Å²) in [7, 11) is 0. The molecular formula is C17H19NO. The number of amides is 1. The Balaban J connectivity index is 2.23. The molecule has 0 aliphatic carbocycles. The van der Waals surface area contributed by atoms with Crippen LogP contribution in [0.15, 0.2) is 36.4 Å². The van der Waals surface area contributed by atoms with Gasteiger partial charge in [-0.1, -0.05) is 23.8 Å². The molecule has 0 aliphatic heterocycles. The highest BCUT2D eigenvalue weighted by Gasteiger charge is 2.08. The second-order valence-electron chi connectivity index (χ2n) is 5.07. The third-order valence-electron chi connectivity index (χ3n) is 3.40. The summed E-state index contributed by atoms with van der Waals surface area (Å²) in [6.07, 6.45) is 0. The van der Waals surface area contributed by atoms with E-state index in [4.69, 9.17) is 0 Å². The number of rotatable bonds is 2. The molecule has 0 atom stereocenters. The average Bonchev–Trinajstić information content (AvgIpc) is 2.36. The van der Waals surface area contributed by atoms with E-state index in [1.165, 1.54) is 11.1 Å². The second-order valence-corrected chi connectivity index (χ2v) is 5.07. The van der Waals surface area contributed by atoms with Crippen molar-refractivity contribution in [2.75, 3.05) is 5.32 Å². The van der Waals surface area contributed by atoms with Gasteiger partial charge < -0.3 is 5.32 Å². The average molecular weight is 253 g/mol. The van der Waals surface area contributed by atoms with E-state index < -0.39 is 0 Å². The van der Waals surface area contributed by atoms with Gasteiger partial charge in [0, 0.05) is 11.3 Å². The maximum absolute atomic E-state index is 12.2. The topological polar surface area (TPSA) is 29.1 Å². The lowest BCUT2D eigenvalue weighted by molar-refractivity contribution is 0.102. The first-order valence-electron chi connectivity index (χ1n) is 6.43. The molecule has 2 nitrogen and oxygen atoms in total. The Bertz CT molecular complexity index is 629. The van der Waals surface area contributed by atoms with Gasteiger partial charge in [-0.25, -0.2) is 0 Å². The van der Waals surface area contributed by atoms with Crippen LogP contribution in [0.1, 0.15) is 32.6 Å². The molecule has 0 spiro atoms. The molecule has 0 saturated carbocycles. The summed E-state index contributed by atoms with van der Waals surface area (Å²) in [4.78, 5) is 12.2. The van der Waals surface area contributed by atoms with Gasteiger partial charge in [-0.2, -0.15) is 0 Å². The molecule has 19 heavy (non-hydrogen) atoms. The van der Waals surface area contributed by atoms with E-state index in [9.17, 15) is 4.79 Å². The summed E-state index contributed by atoms with van der Waals surface area (Å²) in [5, 5.41) is 2.96. The maximum atomic E-state index is 12.2. The molecule has 0 radical (unpaired) electrons. The number of hydrogen-bond acceptors (Lipinski definition) is 1. The van der Waals surface area contributed by atoms with Gasteiger partial charge in [-0.05, 0) is 62.6 Å². The molecule has 98 valence electrons. The lowest BCUT2D eigenvalue weighted by atomic mass is 10.1. The molecule has 2 aromatic rings. The fourth-order valence-corrected chi connectivity index (χ4v) is 2.03. The van der Waals surface area contributed by atoms with Crippen LogP contribution in [-0.4, -0.2) is 5.91 Å². The predicted octanol–water partition coefficient (Wildman–Crippen LogP) is 4.17. The van der Waals surface area contributed by atoms with Crippen molar-refractivity contribution in [1.82, 2.24) is 0 Å². The predicted molar refractivity (Wildman–Crippen MR) is 79.8 cm³/mol. The van der Waals surface area contributed by atoms with E-state index >= 15 is 0 Å². The number of anilines is 1. The fourth-order valence-electron chi connectivity index (χ4n) is 2.03. The van der Waals surface area contributed by atoms with Crippen molar-refractivity contribution < 1.29 is 4.79 Å². The Morgan fingerprint density at radius 2 is 1.58 bits per heavy atom. The molecular weight excluding hydrogens is 234 g/mol. The van der Waals surface area contributed by atoms with Crippen LogP contribution in [0.4, 0.5) is 5.69 Å². The van der Waals surface area contributed by atoms with Crippen LogP contribution in [0.25, 0.3) is 0 Å². The molecule has 0 aliphatic rings. The summed E-state index contributed by atoms with van der Waals surface area (Å²) >= 11 is 0. The zero-order chi connectivity index (χ0) is 14.0. The first-order chi connectivity index (χ1) is 8.97. The minimum atomic E-state index is -0.0601. The van der Waals surface area contributed by atoms with Crippen LogP contribution in [0.2, 0.25) is 0 Å². The number of nitrogens with one attached hydrogen (secondary N) is 1. The monoisotopic (exact) mass is 253 g/mol. The van der Waals surface area contributed by atoms with Crippen molar-refractivity contribution in [3.8, 4) is 0 Å². The van der Waals surface area contributed by atoms with Gasteiger partial charge in [0.1, 0.15) is 0 Å². The summed E-state index contributed by atoms with van der Waals surface area (Å²) in [6.45, 7) is 8.11. The van der Waals surface area contributed by atoms with Crippen molar-refractivity contribution in [2.24, 2.45) is 0 Å². The first-order valence-corrected chi connectivity index (χ1v) is 6.43. The van der Waals surface area contributed by atoms with Gasteiger partial charge in [-0.15, -0.1) is 0 Å². The Morgan fingerprint density at radius 3 is 2.21 bits per heavy atom. The number of aryl methyl sites for hydroxylation is 4. The normalized spacial score (nSPS) is 10.3. The summed E-state index contributed by atoms with van der Waals surface area (Å²) < 4.78 is 0. The van der Waals surface area contributed by atoms with Crippen LogP contribution < -0.4 is 5.32 Å². The van der Waals surface area contributed by atoms with E-state index in [0.29, 0.717) is 5.56 Å². The van der Waals surface area contributed by atoms with Crippen molar-refractivity contribution >= 4 is 11.6 Å². The highest BCUT2D eigenvalue weighted by molar-refractivity contribution is 6.04. The van der Waals surface area contributed by atoms with Crippen LogP contribution in [-0.2, 0) is 0 Å². The number of carbonyl (C=O) groups is 1. The van der Waals surface area contributed by atoms with E-state index in [1.807, 2.05) is 58.0 Å². The highest BCUT2D eigenvalue weighted by Crippen LogP contribution is 2.18. The maximum Gasteiger partial charge on any atom is 0.255 e. The SMILES string of the molecule is Cc1ccc(NC(=O)c2ccc(C)c(C)c2)c(C)c1. The zero-order valence-electron chi connectivity index (χ0n) is 11.9. The summed E-state index contributed by atoms with van der Waals surface area (Å²) in [6, 6.07) is 11.8. The van der Waals surface area contributed by atoms with Crippen LogP contribution in [0, 0.1) is 27.7 Å². The molecule has 0 saturated heterocycles. The van der Waals surface area contributed by atoms with Crippen LogP contribution >= 0.6 is 0 Å². The van der Waals surface area contributed by atoms with E-state index in [-0.39, 0.29) is 5.91 Å². The third kappa shape index (κ3) is 3.02. The summed E-state index contributed by atoms with van der Waals surface area (Å²) in [5.41, 5.74) is 6.17. The smallest absolute Gasteiger partial charge is 0.255 e. The Kier molecular flexibility index (Phi) is 3.70.